The van der Waals surface area contributed by atoms with E-state index in [9.17, 15) is 10.1 Å². The molecule has 0 amide bonds. The lowest BCUT2D eigenvalue weighted by molar-refractivity contribution is -0.385. The van der Waals surface area contributed by atoms with Crippen LogP contribution in [0.15, 0.2) is 42.6 Å². The first-order valence-corrected chi connectivity index (χ1v) is 7.50. The van der Waals surface area contributed by atoms with Gasteiger partial charge in [-0.3, -0.25) is 10.1 Å². The first-order chi connectivity index (χ1) is 11.0. The summed E-state index contributed by atoms with van der Waals surface area (Å²) in [7, 11) is 1.66. The molecule has 0 aliphatic rings. The maximum Gasteiger partial charge on any atom is 0.287 e. The minimum atomic E-state index is -0.453. The molecule has 1 heterocycles. The maximum absolute atomic E-state index is 10.7. The van der Waals surface area contributed by atoms with Gasteiger partial charge >= 0.3 is 0 Å². The molecule has 23 heavy (non-hydrogen) atoms. The van der Waals surface area contributed by atoms with E-state index in [-0.39, 0.29) is 11.7 Å². The average molecular weight is 315 g/mol. The molecular formula is C17H21N3O3. The summed E-state index contributed by atoms with van der Waals surface area (Å²) in [6, 6.07) is 11.1. The zero-order valence-corrected chi connectivity index (χ0v) is 13.5. The van der Waals surface area contributed by atoms with Crippen molar-refractivity contribution in [2.75, 3.05) is 12.4 Å². The van der Waals surface area contributed by atoms with Crippen molar-refractivity contribution in [2.24, 2.45) is 5.92 Å². The van der Waals surface area contributed by atoms with Crippen molar-refractivity contribution in [1.29, 1.82) is 0 Å². The molecule has 0 saturated carbocycles. The molecule has 0 fully saturated rings. The number of nitrogens with one attached hydrogen (secondary N) is 1. The molecule has 0 radical (unpaired) electrons. The first-order valence-electron chi connectivity index (χ1n) is 7.50. The lowest BCUT2D eigenvalue weighted by atomic mass is 9.96. The predicted octanol–water partition coefficient (Wildman–Crippen LogP) is 3.68. The summed E-state index contributed by atoms with van der Waals surface area (Å²) in [6.45, 7) is 4.25. The molecule has 6 heteroatoms. The summed E-state index contributed by atoms with van der Waals surface area (Å²) in [5, 5.41) is 14.0. The highest BCUT2D eigenvalue weighted by molar-refractivity contribution is 5.42. The van der Waals surface area contributed by atoms with Crippen LogP contribution in [0.25, 0.3) is 0 Å². The molecule has 0 aliphatic carbocycles. The molecule has 0 saturated heterocycles. The van der Waals surface area contributed by atoms with Crippen LogP contribution in [0, 0.1) is 16.0 Å². The Kier molecular flexibility index (Phi) is 5.51. The highest BCUT2D eigenvalue weighted by atomic mass is 16.6. The normalized spacial score (nSPS) is 12.0. The maximum atomic E-state index is 10.7. The Morgan fingerprint density at radius 2 is 2.00 bits per heavy atom. The molecule has 1 aromatic heterocycles. The first kappa shape index (κ1) is 16.7. The number of hydrogen-bond acceptors (Lipinski definition) is 5. The molecule has 6 nitrogen and oxygen atoms in total. The number of aromatic nitrogens is 1. The van der Waals surface area contributed by atoms with E-state index >= 15 is 0 Å². The van der Waals surface area contributed by atoms with Gasteiger partial charge in [-0.1, -0.05) is 32.0 Å². The van der Waals surface area contributed by atoms with E-state index in [0.717, 1.165) is 17.7 Å². The molecule has 2 aromatic rings. The minimum Gasteiger partial charge on any atom is -0.496 e. The molecule has 0 spiro atoms. The van der Waals surface area contributed by atoms with E-state index < -0.39 is 4.92 Å². The fraction of sp³-hybridized carbons (Fsp3) is 0.353. The van der Waals surface area contributed by atoms with Crippen LogP contribution >= 0.6 is 0 Å². The van der Waals surface area contributed by atoms with E-state index in [0.29, 0.717) is 11.7 Å². The monoisotopic (exact) mass is 315 g/mol. The van der Waals surface area contributed by atoms with Crippen molar-refractivity contribution >= 4 is 11.5 Å². The number of pyridine rings is 1. The third-order valence-corrected chi connectivity index (χ3v) is 3.73. The van der Waals surface area contributed by atoms with Crippen LogP contribution in [0.5, 0.6) is 5.75 Å². The molecular weight excluding hydrogens is 294 g/mol. The van der Waals surface area contributed by atoms with Crippen LogP contribution in [-0.2, 0) is 6.42 Å². The number of methoxy groups -OCH3 is 1. The van der Waals surface area contributed by atoms with Crippen LogP contribution in [0.2, 0.25) is 0 Å². The number of anilines is 1. The Labute approximate surface area is 135 Å². The fourth-order valence-electron chi connectivity index (χ4n) is 2.33. The summed E-state index contributed by atoms with van der Waals surface area (Å²) in [5.41, 5.74) is 1.10. The van der Waals surface area contributed by atoms with Crippen molar-refractivity contribution in [3.63, 3.8) is 0 Å². The zero-order chi connectivity index (χ0) is 16.8. The fourth-order valence-corrected chi connectivity index (χ4v) is 2.33. The second-order valence-corrected chi connectivity index (χ2v) is 5.67. The van der Waals surface area contributed by atoms with E-state index in [1.165, 1.54) is 12.3 Å². The van der Waals surface area contributed by atoms with Gasteiger partial charge in [0, 0.05) is 12.1 Å². The van der Waals surface area contributed by atoms with Gasteiger partial charge in [-0.05, 0) is 30.0 Å². The Morgan fingerprint density at radius 3 is 2.57 bits per heavy atom. The summed E-state index contributed by atoms with van der Waals surface area (Å²) >= 11 is 0. The van der Waals surface area contributed by atoms with Gasteiger partial charge in [0.1, 0.15) is 17.8 Å². The van der Waals surface area contributed by atoms with Crippen molar-refractivity contribution in [3.05, 3.63) is 58.3 Å². The third kappa shape index (κ3) is 4.42. The number of para-hydroxylation sites is 1. The number of nitrogens with zero attached hydrogens (tertiary/aromatic N) is 2. The lowest BCUT2D eigenvalue weighted by Gasteiger charge is -2.24. The van der Waals surface area contributed by atoms with Crippen molar-refractivity contribution in [2.45, 2.75) is 26.3 Å². The number of hydrogen-bond donors (Lipinski definition) is 1. The average Bonchev–Trinajstić information content (AvgIpc) is 2.55. The zero-order valence-electron chi connectivity index (χ0n) is 13.5. The van der Waals surface area contributed by atoms with Gasteiger partial charge in [-0.25, -0.2) is 4.98 Å². The summed E-state index contributed by atoms with van der Waals surface area (Å²) in [5.74, 6) is 1.85. The van der Waals surface area contributed by atoms with Gasteiger partial charge in [-0.2, -0.15) is 0 Å². The van der Waals surface area contributed by atoms with Crippen LogP contribution in [0.1, 0.15) is 19.4 Å². The van der Waals surface area contributed by atoms with Crippen LogP contribution in [0.3, 0.4) is 0 Å². The van der Waals surface area contributed by atoms with Gasteiger partial charge < -0.3 is 10.1 Å². The molecule has 1 unspecified atom stereocenters. The van der Waals surface area contributed by atoms with Gasteiger partial charge in [0.25, 0.3) is 5.69 Å². The van der Waals surface area contributed by atoms with Gasteiger partial charge in [-0.15, -0.1) is 0 Å². The van der Waals surface area contributed by atoms with E-state index in [2.05, 4.69) is 24.1 Å². The number of nitro groups is 1. The molecule has 0 bridgehead atoms. The minimum absolute atomic E-state index is 0.0126. The standard InChI is InChI=1S/C17H21N3O3/c1-12(2)15(10-13-6-4-5-7-16(13)23-3)19-17-9-8-14(11-18-17)20(21)22/h4-9,11-12,15H,10H2,1-3H3,(H,18,19). The van der Waals surface area contributed by atoms with Crippen LogP contribution in [-0.4, -0.2) is 23.1 Å². The Bertz CT molecular complexity index is 656. The van der Waals surface area contributed by atoms with Crippen molar-refractivity contribution in [1.82, 2.24) is 4.98 Å². The van der Waals surface area contributed by atoms with Crippen molar-refractivity contribution in [3.8, 4) is 5.75 Å². The summed E-state index contributed by atoms with van der Waals surface area (Å²) < 4.78 is 5.40. The number of ether oxygens (including phenoxy) is 1. The van der Waals surface area contributed by atoms with E-state index in [1.54, 1.807) is 13.2 Å². The van der Waals surface area contributed by atoms with Crippen LogP contribution < -0.4 is 10.1 Å². The van der Waals surface area contributed by atoms with Crippen molar-refractivity contribution < 1.29 is 9.66 Å². The Balaban J connectivity index is 2.14. The Morgan fingerprint density at radius 1 is 1.26 bits per heavy atom. The second kappa shape index (κ2) is 7.58. The molecule has 0 aliphatic heterocycles. The third-order valence-electron chi connectivity index (χ3n) is 3.73. The summed E-state index contributed by atoms with van der Waals surface area (Å²) in [4.78, 5) is 14.4. The topological polar surface area (TPSA) is 77.3 Å². The predicted molar refractivity (Wildman–Crippen MR) is 89.8 cm³/mol. The molecule has 1 atom stereocenters. The van der Waals surface area contributed by atoms with E-state index in [4.69, 9.17) is 4.74 Å². The molecule has 122 valence electrons. The lowest BCUT2D eigenvalue weighted by Crippen LogP contribution is -2.28. The SMILES string of the molecule is COc1ccccc1CC(Nc1ccc([N+](=O)[O-])cn1)C(C)C. The van der Waals surface area contributed by atoms with Gasteiger partial charge in [0.15, 0.2) is 0 Å². The Hall–Kier alpha value is -2.63. The van der Waals surface area contributed by atoms with Gasteiger partial charge in [0.05, 0.1) is 12.0 Å². The highest BCUT2D eigenvalue weighted by Crippen LogP contribution is 2.23. The number of rotatable bonds is 7. The molecule has 2 rings (SSSR count). The quantitative estimate of drug-likeness (QED) is 0.623. The van der Waals surface area contributed by atoms with E-state index in [1.807, 2.05) is 24.3 Å². The molecule has 1 N–H and O–H groups in total. The summed E-state index contributed by atoms with van der Waals surface area (Å²) in [6.07, 6.45) is 2.04. The smallest absolute Gasteiger partial charge is 0.287 e. The largest absolute Gasteiger partial charge is 0.496 e. The molecule has 1 aromatic carbocycles. The highest BCUT2D eigenvalue weighted by Gasteiger charge is 2.17. The van der Waals surface area contributed by atoms with Gasteiger partial charge in [0.2, 0.25) is 0 Å². The number of benzene rings is 1. The second-order valence-electron chi connectivity index (χ2n) is 5.67. The van der Waals surface area contributed by atoms with Crippen LogP contribution in [0.4, 0.5) is 11.5 Å².